The first-order valence-electron chi connectivity index (χ1n) is 7.34. The van der Waals surface area contributed by atoms with Gasteiger partial charge in [0.1, 0.15) is 0 Å². The van der Waals surface area contributed by atoms with Gasteiger partial charge in [-0.25, -0.2) is 0 Å². The molecule has 112 valence electrons. The minimum atomic E-state index is 0. The van der Waals surface area contributed by atoms with Gasteiger partial charge in [-0.3, -0.25) is 4.79 Å². The van der Waals surface area contributed by atoms with E-state index < -0.39 is 0 Å². The predicted molar refractivity (Wildman–Crippen MR) is 85.1 cm³/mol. The first kappa shape index (κ1) is 17.1. The molecule has 19 heavy (non-hydrogen) atoms. The zero-order chi connectivity index (χ0) is 12.8. The standard InChI is InChI=1S/C14H26N2OS.ClH/c1-11(12-4-2-6-15-9-12)8-14(17)16-10-13-5-3-7-18-13;/h11-13,15H,2-10H2,1H3,(H,16,17);1H. The molecular formula is C14H27ClN2OS. The van der Waals surface area contributed by atoms with Crippen molar-refractivity contribution in [2.45, 2.75) is 44.3 Å². The van der Waals surface area contributed by atoms with Crippen molar-refractivity contribution >= 4 is 30.1 Å². The van der Waals surface area contributed by atoms with Crippen molar-refractivity contribution in [3.8, 4) is 0 Å². The molecule has 3 atom stereocenters. The van der Waals surface area contributed by atoms with Gasteiger partial charge in [0.25, 0.3) is 0 Å². The molecule has 0 aromatic rings. The van der Waals surface area contributed by atoms with Crippen LogP contribution >= 0.6 is 24.2 Å². The number of amides is 1. The van der Waals surface area contributed by atoms with E-state index in [4.69, 9.17) is 0 Å². The molecule has 2 N–H and O–H groups in total. The molecule has 0 bridgehead atoms. The van der Waals surface area contributed by atoms with E-state index in [2.05, 4.69) is 17.6 Å². The van der Waals surface area contributed by atoms with Gasteiger partial charge < -0.3 is 10.6 Å². The maximum atomic E-state index is 11.9. The van der Waals surface area contributed by atoms with Crippen molar-refractivity contribution in [1.82, 2.24) is 10.6 Å². The number of hydrogen-bond acceptors (Lipinski definition) is 3. The van der Waals surface area contributed by atoms with Crippen molar-refractivity contribution in [1.29, 1.82) is 0 Å². The average Bonchev–Trinajstić information content (AvgIpc) is 2.90. The van der Waals surface area contributed by atoms with Crippen LogP contribution in [0.2, 0.25) is 0 Å². The Bertz CT molecular complexity index is 266. The lowest BCUT2D eigenvalue weighted by Crippen LogP contribution is -2.36. The molecule has 0 aromatic heterocycles. The van der Waals surface area contributed by atoms with Gasteiger partial charge in [-0.1, -0.05) is 6.92 Å². The molecule has 0 aromatic carbocycles. The second-order valence-electron chi connectivity index (χ2n) is 5.73. The molecule has 2 aliphatic rings. The maximum absolute atomic E-state index is 11.9. The minimum absolute atomic E-state index is 0. The average molecular weight is 307 g/mol. The number of thioether (sulfide) groups is 1. The predicted octanol–water partition coefficient (Wildman–Crippen LogP) is 2.45. The molecule has 0 saturated carbocycles. The van der Waals surface area contributed by atoms with Gasteiger partial charge in [0.05, 0.1) is 0 Å². The summed E-state index contributed by atoms with van der Waals surface area (Å²) in [5.74, 6) is 2.71. The third kappa shape index (κ3) is 5.92. The molecule has 3 unspecified atom stereocenters. The van der Waals surface area contributed by atoms with E-state index in [1.165, 1.54) is 31.4 Å². The second kappa shape index (κ2) is 9.09. The molecule has 3 nitrogen and oxygen atoms in total. The SMILES string of the molecule is CC(CC(=O)NCC1CCCS1)C1CCCNC1.Cl. The van der Waals surface area contributed by atoms with Crippen LogP contribution in [-0.4, -0.2) is 36.5 Å². The fraction of sp³-hybridized carbons (Fsp3) is 0.929. The van der Waals surface area contributed by atoms with Crippen LogP contribution in [-0.2, 0) is 4.79 Å². The minimum Gasteiger partial charge on any atom is -0.355 e. The van der Waals surface area contributed by atoms with E-state index in [0.717, 1.165) is 19.6 Å². The Balaban J connectivity index is 0.00000180. The summed E-state index contributed by atoms with van der Waals surface area (Å²) in [4.78, 5) is 11.9. The third-order valence-electron chi connectivity index (χ3n) is 4.20. The summed E-state index contributed by atoms with van der Waals surface area (Å²) in [6, 6.07) is 0. The van der Waals surface area contributed by atoms with Crippen LogP contribution in [0.25, 0.3) is 0 Å². The Morgan fingerprint density at radius 1 is 1.42 bits per heavy atom. The van der Waals surface area contributed by atoms with E-state index in [9.17, 15) is 4.79 Å². The van der Waals surface area contributed by atoms with Crippen molar-refractivity contribution in [2.24, 2.45) is 11.8 Å². The molecule has 5 heteroatoms. The highest BCUT2D eigenvalue weighted by atomic mass is 35.5. The van der Waals surface area contributed by atoms with E-state index in [-0.39, 0.29) is 18.3 Å². The lowest BCUT2D eigenvalue weighted by Gasteiger charge is -2.28. The highest BCUT2D eigenvalue weighted by molar-refractivity contribution is 8.00. The molecule has 2 aliphatic heterocycles. The van der Waals surface area contributed by atoms with Crippen LogP contribution < -0.4 is 10.6 Å². The first-order valence-corrected chi connectivity index (χ1v) is 8.39. The molecule has 2 saturated heterocycles. The summed E-state index contributed by atoms with van der Waals surface area (Å²) in [5, 5.41) is 7.21. The third-order valence-corrected chi connectivity index (χ3v) is 5.60. The Hall–Kier alpha value is 0.0700. The fourth-order valence-electron chi connectivity index (χ4n) is 2.93. The Morgan fingerprint density at radius 3 is 2.89 bits per heavy atom. The summed E-state index contributed by atoms with van der Waals surface area (Å²) in [7, 11) is 0. The van der Waals surface area contributed by atoms with Crippen molar-refractivity contribution in [3.05, 3.63) is 0 Å². The molecule has 0 spiro atoms. The van der Waals surface area contributed by atoms with E-state index in [0.29, 0.717) is 23.5 Å². The normalized spacial score (nSPS) is 28.5. The number of nitrogens with one attached hydrogen (secondary N) is 2. The number of halogens is 1. The number of carbonyl (C=O) groups is 1. The highest BCUT2D eigenvalue weighted by Crippen LogP contribution is 2.25. The summed E-state index contributed by atoms with van der Waals surface area (Å²) in [6.07, 6.45) is 5.82. The highest BCUT2D eigenvalue weighted by Gasteiger charge is 2.22. The van der Waals surface area contributed by atoms with Crippen molar-refractivity contribution < 1.29 is 4.79 Å². The van der Waals surface area contributed by atoms with Gasteiger partial charge >= 0.3 is 0 Å². The van der Waals surface area contributed by atoms with Crippen LogP contribution in [0.15, 0.2) is 0 Å². The number of hydrogen-bond donors (Lipinski definition) is 2. The van der Waals surface area contributed by atoms with Gasteiger partial charge in [0.2, 0.25) is 5.91 Å². The van der Waals surface area contributed by atoms with Gasteiger partial charge in [-0.2, -0.15) is 11.8 Å². The number of rotatable bonds is 5. The smallest absolute Gasteiger partial charge is 0.220 e. The fourth-order valence-corrected chi connectivity index (χ4v) is 4.13. The Morgan fingerprint density at radius 2 is 2.26 bits per heavy atom. The maximum Gasteiger partial charge on any atom is 0.220 e. The molecule has 0 aliphatic carbocycles. The van der Waals surface area contributed by atoms with Crippen LogP contribution in [0.5, 0.6) is 0 Å². The van der Waals surface area contributed by atoms with Crippen LogP contribution in [0.4, 0.5) is 0 Å². The molecule has 0 radical (unpaired) electrons. The summed E-state index contributed by atoms with van der Waals surface area (Å²) < 4.78 is 0. The van der Waals surface area contributed by atoms with Crippen molar-refractivity contribution in [3.63, 3.8) is 0 Å². The van der Waals surface area contributed by atoms with Crippen LogP contribution in [0, 0.1) is 11.8 Å². The summed E-state index contributed by atoms with van der Waals surface area (Å²) >= 11 is 2.01. The van der Waals surface area contributed by atoms with Gasteiger partial charge in [-0.15, -0.1) is 12.4 Å². The zero-order valence-electron chi connectivity index (χ0n) is 11.8. The van der Waals surface area contributed by atoms with Gasteiger partial charge in [-0.05, 0) is 56.4 Å². The lowest BCUT2D eigenvalue weighted by atomic mass is 9.85. The van der Waals surface area contributed by atoms with Crippen LogP contribution in [0.1, 0.15) is 39.0 Å². The molecule has 1 amide bonds. The quantitative estimate of drug-likeness (QED) is 0.820. The lowest BCUT2D eigenvalue weighted by molar-refractivity contribution is -0.122. The Kier molecular flexibility index (Phi) is 8.19. The molecule has 2 heterocycles. The van der Waals surface area contributed by atoms with Crippen LogP contribution in [0.3, 0.4) is 0 Å². The van der Waals surface area contributed by atoms with E-state index in [1.54, 1.807) is 0 Å². The summed E-state index contributed by atoms with van der Waals surface area (Å²) in [6.45, 7) is 5.34. The van der Waals surface area contributed by atoms with Gasteiger partial charge in [0, 0.05) is 18.2 Å². The van der Waals surface area contributed by atoms with E-state index >= 15 is 0 Å². The molecule has 2 fully saturated rings. The zero-order valence-corrected chi connectivity index (χ0v) is 13.5. The molecular weight excluding hydrogens is 280 g/mol. The van der Waals surface area contributed by atoms with Gasteiger partial charge in [0.15, 0.2) is 0 Å². The largest absolute Gasteiger partial charge is 0.355 e. The topological polar surface area (TPSA) is 41.1 Å². The van der Waals surface area contributed by atoms with Crippen molar-refractivity contribution in [2.75, 3.05) is 25.4 Å². The monoisotopic (exact) mass is 306 g/mol. The molecule has 2 rings (SSSR count). The van der Waals surface area contributed by atoms with E-state index in [1.807, 2.05) is 11.8 Å². The second-order valence-corrected chi connectivity index (χ2v) is 7.14. The number of piperidine rings is 1. The first-order chi connectivity index (χ1) is 8.75. The summed E-state index contributed by atoms with van der Waals surface area (Å²) in [5.41, 5.74) is 0. The Labute approximate surface area is 127 Å². The number of carbonyl (C=O) groups excluding carboxylic acids is 1.